The molecule has 2 unspecified atom stereocenters. The maximum Gasteiger partial charge on any atom is 0.129 e. The molecule has 2 bridgehead atoms. The molecule has 2 aliphatic heterocycles. The lowest BCUT2D eigenvalue weighted by molar-refractivity contribution is 0.0302. The third kappa shape index (κ3) is 2.06. The van der Waals surface area contributed by atoms with E-state index in [1.165, 1.54) is 0 Å². The van der Waals surface area contributed by atoms with E-state index in [9.17, 15) is 0 Å². The van der Waals surface area contributed by atoms with Crippen LogP contribution in [0.4, 0.5) is 5.82 Å². The molecule has 1 aromatic rings. The van der Waals surface area contributed by atoms with Gasteiger partial charge in [0, 0.05) is 24.3 Å². The molecule has 0 radical (unpaired) electrons. The topological polar surface area (TPSA) is 75.2 Å². The number of nitrogens with zero attached hydrogens (tertiary/aromatic N) is 2. The molecule has 1 aromatic heterocycles. The van der Waals surface area contributed by atoms with Crippen LogP contribution < -0.4 is 10.6 Å². The summed E-state index contributed by atoms with van der Waals surface area (Å²) in [4.78, 5) is 6.81. The van der Waals surface area contributed by atoms with Gasteiger partial charge in [0.05, 0.1) is 12.2 Å². The summed E-state index contributed by atoms with van der Waals surface area (Å²) in [5.41, 5.74) is 7.21. The number of amidine groups is 1. The van der Waals surface area contributed by atoms with Gasteiger partial charge < -0.3 is 15.4 Å². The van der Waals surface area contributed by atoms with Crippen molar-refractivity contribution in [2.45, 2.75) is 32.0 Å². The van der Waals surface area contributed by atoms with E-state index < -0.39 is 0 Å². The number of rotatable bonds is 2. The van der Waals surface area contributed by atoms with Gasteiger partial charge in [-0.25, -0.2) is 4.98 Å². The Kier molecular flexibility index (Phi) is 2.70. The van der Waals surface area contributed by atoms with Gasteiger partial charge in [-0.05, 0) is 31.9 Å². The summed E-state index contributed by atoms with van der Waals surface area (Å²) in [6.07, 6.45) is 2.97. The molecule has 0 aliphatic carbocycles. The lowest BCUT2D eigenvalue weighted by Crippen LogP contribution is -2.43. The second-order valence-corrected chi connectivity index (χ2v) is 5.13. The summed E-state index contributed by atoms with van der Waals surface area (Å²) in [5.74, 6) is 1.01. The van der Waals surface area contributed by atoms with Crippen LogP contribution in [0.3, 0.4) is 0 Å². The van der Waals surface area contributed by atoms with Gasteiger partial charge in [0.25, 0.3) is 0 Å². The van der Waals surface area contributed by atoms with Crippen LogP contribution in [0.2, 0.25) is 0 Å². The number of morpholine rings is 1. The van der Waals surface area contributed by atoms with Crippen LogP contribution in [0.5, 0.6) is 0 Å². The quantitative estimate of drug-likeness (QED) is 0.604. The fourth-order valence-corrected chi connectivity index (χ4v) is 2.77. The second kappa shape index (κ2) is 4.24. The van der Waals surface area contributed by atoms with Crippen LogP contribution in [0, 0.1) is 12.3 Å². The third-order valence-electron chi connectivity index (χ3n) is 3.62. The minimum atomic E-state index is 0.0954. The zero-order chi connectivity index (χ0) is 12.7. The molecule has 0 spiro atoms. The molecule has 18 heavy (non-hydrogen) atoms. The molecular formula is C13H18N4O. The number of ether oxygens (including phenoxy) is 1. The fraction of sp³-hybridized carbons (Fsp3) is 0.538. The minimum absolute atomic E-state index is 0.0954. The first-order chi connectivity index (χ1) is 8.61. The molecule has 2 atom stereocenters. The van der Waals surface area contributed by atoms with Gasteiger partial charge in [0.1, 0.15) is 11.7 Å². The molecule has 96 valence electrons. The van der Waals surface area contributed by atoms with Gasteiger partial charge in [-0.2, -0.15) is 0 Å². The van der Waals surface area contributed by atoms with E-state index >= 15 is 0 Å². The molecule has 0 aromatic carbocycles. The Morgan fingerprint density at radius 2 is 2.06 bits per heavy atom. The van der Waals surface area contributed by atoms with Crippen molar-refractivity contribution in [3.8, 4) is 0 Å². The first-order valence-corrected chi connectivity index (χ1v) is 6.35. The average Bonchev–Trinajstić information content (AvgIpc) is 2.67. The molecule has 2 fully saturated rings. The van der Waals surface area contributed by atoms with Gasteiger partial charge in [-0.1, -0.05) is 0 Å². The molecule has 5 nitrogen and oxygen atoms in total. The van der Waals surface area contributed by atoms with Crippen molar-refractivity contribution >= 4 is 11.7 Å². The number of hydrogen-bond donors (Lipinski definition) is 2. The van der Waals surface area contributed by atoms with E-state index in [4.69, 9.17) is 15.9 Å². The van der Waals surface area contributed by atoms with Crippen molar-refractivity contribution in [2.24, 2.45) is 5.73 Å². The Labute approximate surface area is 106 Å². The standard InChI is InChI=1S/C13H18N4O/c1-8-4-9(13(14)15)5-12(16-8)17-6-10-2-3-11(7-17)18-10/h4-5,10-11H,2-3,6-7H2,1H3,(H3,14,15). The smallest absolute Gasteiger partial charge is 0.129 e. The predicted octanol–water partition coefficient (Wildman–Crippen LogP) is 1.04. The Hall–Kier alpha value is -1.62. The van der Waals surface area contributed by atoms with Crippen molar-refractivity contribution in [3.63, 3.8) is 0 Å². The van der Waals surface area contributed by atoms with E-state index in [1.54, 1.807) is 0 Å². The number of aromatic nitrogens is 1. The molecule has 2 aliphatic rings. The van der Waals surface area contributed by atoms with Crippen LogP contribution in [0.25, 0.3) is 0 Å². The summed E-state index contributed by atoms with van der Waals surface area (Å²) in [6, 6.07) is 3.75. The summed E-state index contributed by atoms with van der Waals surface area (Å²) < 4.78 is 5.82. The van der Waals surface area contributed by atoms with E-state index in [-0.39, 0.29) is 5.84 Å². The highest BCUT2D eigenvalue weighted by Crippen LogP contribution is 2.29. The number of anilines is 1. The maximum absolute atomic E-state index is 7.54. The molecule has 3 N–H and O–H groups in total. The van der Waals surface area contributed by atoms with Crippen LogP contribution in [0.1, 0.15) is 24.1 Å². The van der Waals surface area contributed by atoms with Gasteiger partial charge in [0.2, 0.25) is 0 Å². The zero-order valence-corrected chi connectivity index (χ0v) is 10.5. The summed E-state index contributed by atoms with van der Waals surface area (Å²) in [7, 11) is 0. The molecule has 3 heterocycles. The number of hydrogen-bond acceptors (Lipinski definition) is 4. The minimum Gasteiger partial charge on any atom is -0.384 e. The highest BCUT2D eigenvalue weighted by Gasteiger charge is 2.34. The van der Waals surface area contributed by atoms with Crippen molar-refractivity contribution < 1.29 is 4.74 Å². The van der Waals surface area contributed by atoms with E-state index in [2.05, 4.69) is 9.88 Å². The number of fused-ring (bicyclic) bond motifs is 2. The second-order valence-electron chi connectivity index (χ2n) is 5.13. The third-order valence-corrected chi connectivity index (χ3v) is 3.62. The number of nitrogens with one attached hydrogen (secondary N) is 1. The normalized spacial score (nSPS) is 26.4. The first-order valence-electron chi connectivity index (χ1n) is 6.35. The van der Waals surface area contributed by atoms with Crippen molar-refractivity contribution in [2.75, 3.05) is 18.0 Å². The Morgan fingerprint density at radius 1 is 1.39 bits per heavy atom. The van der Waals surface area contributed by atoms with Crippen molar-refractivity contribution in [1.82, 2.24) is 4.98 Å². The molecule has 0 amide bonds. The van der Waals surface area contributed by atoms with Gasteiger partial charge in [-0.3, -0.25) is 5.41 Å². The Morgan fingerprint density at radius 3 is 2.67 bits per heavy atom. The summed E-state index contributed by atoms with van der Waals surface area (Å²) in [6.45, 7) is 3.72. The predicted molar refractivity (Wildman–Crippen MR) is 70.1 cm³/mol. The van der Waals surface area contributed by atoms with Gasteiger partial charge in [-0.15, -0.1) is 0 Å². The average molecular weight is 246 g/mol. The van der Waals surface area contributed by atoms with Crippen LogP contribution in [-0.2, 0) is 4.74 Å². The molecule has 2 saturated heterocycles. The highest BCUT2D eigenvalue weighted by molar-refractivity contribution is 5.95. The van der Waals surface area contributed by atoms with Crippen LogP contribution >= 0.6 is 0 Å². The summed E-state index contributed by atoms with van der Waals surface area (Å²) in [5, 5.41) is 7.54. The monoisotopic (exact) mass is 246 g/mol. The summed E-state index contributed by atoms with van der Waals surface area (Å²) >= 11 is 0. The van der Waals surface area contributed by atoms with E-state index in [0.717, 1.165) is 43.0 Å². The maximum atomic E-state index is 7.54. The number of nitrogen functional groups attached to an aromatic ring is 1. The van der Waals surface area contributed by atoms with Crippen molar-refractivity contribution in [1.29, 1.82) is 5.41 Å². The number of aryl methyl sites for hydroxylation is 1. The molecule has 0 saturated carbocycles. The molecule has 3 rings (SSSR count). The number of nitrogens with two attached hydrogens (primary N) is 1. The van der Waals surface area contributed by atoms with Gasteiger partial charge in [0.15, 0.2) is 0 Å². The number of pyridine rings is 1. The van der Waals surface area contributed by atoms with Gasteiger partial charge >= 0.3 is 0 Å². The largest absolute Gasteiger partial charge is 0.384 e. The molecular weight excluding hydrogens is 228 g/mol. The molecule has 5 heteroatoms. The fourth-order valence-electron chi connectivity index (χ4n) is 2.77. The first kappa shape index (κ1) is 11.5. The SMILES string of the molecule is Cc1cc(C(=N)N)cc(N2CC3CCC(C2)O3)n1. The zero-order valence-electron chi connectivity index (χ0n) is 10.5. The van der Waals surface area contributed by atoms with Crippen molar-refractivity contribution in [3.05, 3.63) is 23.4 Å². The Balaban J connectivity index is 1.89. The lowest BCUT2D eigenvalue weighted by atomic mass is 10.2. The van der Waals surface area contributed by atoms with Crippen LogP contribution in [-0.4, -0.2) is 36.1 Å². The van der Waals surface area contributed by atoms with E-state index in [1.807, 2.05) is 19.1 Å². The van der Waals surface area contributed by atoms with Crippen LogP contribution in [0.15, 0.2) is 12.1 Å². The highest BCUT2D eigenvalue weighted by atomic mass is 16.5. The Bertz CT molecular complexity index is 476. The van der Waals surface area contributed by atoms with E-state index in [0.29, 0.717) is 12.2 Å². The lowest BCUT2D eigenvalue weighted by Gasteiger charge is -2.33.